The van der Waals surface area contributed by atoms with Crippen molar-refractivity contribution in [3.63, 3.8) is 0 Å². The fraction of sp³-hybridized carbons (Fsp3) is 0.440. The van der Waals surface area contributed by atoms with Crippen molar-refractivity contribution in [1.29, 1.82) is 10.5 Å². The van der Waals surface area contributed by atoms with Crippen LogP contribution in [0.4, 0.5) is 5.82 Å². The number of pyridine rings is 1. The van der Waals surface area contributed by atoms with Crippen molar-refractivity contribution in [2.24, 2.45) is 0 Å². The second-order valence-electron chi connectivity index (χ2n) is 7.97. The van der Waals surface area contributed by atoms with Gasteiger partial charge < -0.3 is 10.2 Å². The molecule has 0 aliphatic carbocycles. The Kier molecular flexibility index (Phi) is 8.14. The number of nitriles is 2. The van der Waals surface area contributed by atoms with Gasteiger partial charge in [0.2, 0.25) is 5.91 Å². The largest absolute Gasteiger partial charge is 0.355 e. The number of rotatable bonds is 7. The average Bonchev–Trinajstić information content (AvgIpc) is 2.82. The van der Waals surface area contributed by atoms with Crippen molar-refractivity contribution in [3.8, 4) is 12.1 Å². The Morgan fingerprint density at radius 2 is 1.72 bits per heavy atom. The van der Waals surface area contributed by atoms with Gasteiger partial charge >= 0.3 is 0 Å². The first kappa shape index (κ1) is 23.6. The summed E-state index contributed by atoms with van der Waals surface area (Å²) in [6.07, 6.45) is 3.22. The maximum absolute atomic E-state index is 11.4. The third-order valence-electron chi connectivity index (χ3n) is 5.83. The van der Waals surface area contributed by atoms with Crippen molar-refractivity contribution in [2.75, 3.05) is 18.0 Å². The van der Waals surface area contributed by atoms with E-state index in [9.17, 15) is 15.3 Å². The first-order valence-corrected chi connectivity index (χ1v) is 12.1. The van der Waals surface area contributed by atoms with Gasteiger partial charge in [0.05, 0.1) is 11.1 Å². The number of hydrogen-bond acceptors (Lipinski definition) is 6. The van der Waals surface area contributed by atoms with Crippen LogP contribution in [0.25, 0.3) is 0 Å². The number of benzene rings is 1. The zero-order valence-electron chi connectivity index (χ0n) is 18.9. The molecule has 2 aromatic rings. The van der Waals surface area contributed by atoms with Crippen molar-refractivity contribution < 1.29 is 4.79 Å². The summed E-state index contributed by atoms with van der Waals surface area (Å²) >= 11 is 1.55. The first-order valence-electron chi connectivity index (χ1n) is 11.1. The number of hydrogen-bond donors (Lipinski definition) is 1. The minimum Gasteiger partial charge on any atom is -0.355 e. The summed E-state index contributed by atoms with van der Waals surface area (Å²) in [6, 6.07) is 13.3. The van der Waals surface area contributed by atoms with Crippen LogP contribution in [0.1, 0.15) is 61.4 Å². The molecule has 0 spiro atoms. The highest BCUT2D eigenvalue weighted by Gasteiger charge is 2.26. The number of nitrogens with one attached hydrogen (secondary N) is 1. The lowest BCUT2D eigenvalue weighted by atomic mass is 10.00. The quantitative estimate of drug-likeness (QED) is 0.635. The number of aromatic nitrogens is 1. The van der Waals surface area contributed by atoms with Gasteiger partial charge in [0.15, 0.2) is 0 Å². The van der Waals surface area contributed by atoms with Crippen LogP contribution in [0.15, 0.2) is 29.3 Å². The minimum absolute atomic E-state index is 0.0170. The molecule has 1 aromatic heterocycles. The van der Waals surface area contributed by atoms with Crippen molar-refractivity contribution in [1.82, 2.24) is 10.3 Å². The summed E-state index contributed by atoms with van der Waals surface area (Å²) < 4.78 is 0. The summed E-state index contributed by atoms with van der Waals surface area (Å²) in [6.45, 7) is 7.07. The standard InChI is InChI=1S/C25H29N5OS/c1-4-18-6-8-19(9-7-18)16-32-25-23(15-27)21(5-2)22(14-26)24(29-25)30-12-10-20(11-13-30)28-17(3)31/h6-9,20H,4-5,10-13,16H2,1-3H3,(H,28,31). The molecule has 166 valence electrons. The number of carbonyl (C=O) groups excluding carboxylic acids is 1. The maximum atomic E-state index is 11.4. The van der Waals surface area contributed by atoms with E-state index in [1.54, 1.807) is 11.8 Å². The Morgan fingerprint density at radius 1 is 1.09 bits per heavy atom. The van der Waals surface area contributed by atoms with Crippen molar-refractivity contribution >= 4 is 23.5 Å². The van der Waals surface area contributed by atoms with E-state index in [1.807, 2.05) is 6.92 Å². The fourth-order valence-corrected chi connectivity index (χ4v) is 5.02. The Bertz CT molecular complexity index is 1040. The Balaban J connectivity index is 1.89. The molecule has 1 aliphatic heterocycles. The maximum Gasteiger partial charge on any atom is 0.217 e. The molecule has 32 heavy (non-hydrogen) atoms. The van der Waals surface area contributed by atoms with Crippen molar-refractivity contribution in [3.05, 3.63) is 52.1 Å². The van der Waals surface area contributed by atoms with Gasteiger partial charge in [-0.25, -0.2) is 4.98 Å². The third-order valence-corrected chi connectivity index (χ3v) is 6.88. The Labute approximate surface area is 194 Å². The van der Waals surface area contributed by atoms with E-state index in [0.29, 0.717) is 47.2 Å². The second-order valence-corrected chi connectivity index (χ2v) is 8.93. The van der Waals surface area contributed by atoms with E-state index in [4.69, 9.17) is 4.98 Å². The zero-order valence-corrected chi connectivity index (χ0v) is 19.8. The topological polar surface area (TPSA) is 92.8 Å². The van der Waals surface area contributed by atoms with Crippen LogP contribution in [-0.2, 0) is 23.4 Å². The summed E-state index contributed by atoms with van der Waals surface area (Å²) in [5, 5.41) is 23.4. The molecule has 1 saturated heterocycles. The van der Waals surface area contributed by atoms with Gasteiger partial charge in [-0.15, -0.1) is 11.8 Å². The highest BCUT2D eigenvalue weighted by atomic mass is 32.2. The number of piperidine rings is 1. The molecule has 1 fully saturated rings. The molecule has 2 heterocycles. The van der Waals surface area contributed by atoms with Crippen LogP contribution in [0.2, 0.25) is 0 Å². The van der Waals surface area contributed by atoms with Gasteiger partial charge in [-0.2, -0.15) is 10.5 Å². The number of anilines is 1. The summed E-state index contributed by atoms with van der Waals surface area (Å²) in [4.78, 5) is 18.3. The number of amides is 1. The SMILES string of the molecule is CCc1ccc(CSc2nc(N3CCC(NC(C)=O)CC3)c(C#N)c(CC)c2C#N)cc1. The minimum atomic E-state index is -0.0170. The van der Waals surface area contributed by atoms with Gasteiger partial charge in [0, 0.05) is 31.8 Å². The third kappa shape index (κ3) is 5.41. The lowest BCUT2D eigenvalue weighted by Crippen LogP contribution is -2.44. The molecule has 1 amide bonds. The molecule has 0 saturated carbocycles. The highest BCUT2D eigenvalue weighted by Crippen LogP contribution is 2.34. The summed E-state index contributed by atoms with van der Waals surface area (Å²) in [5.41, 5.74) is 4.26. The average molecular weight is 448 g/mol. The molecule has 3 rings (SSSR count). The van der Waals surface area contributed by atoms with E-state index in [2.05, 4.69) is 53.5 Å². The molecule has 7 heteroatoms. The fourth-order valence-electron chi connectivity index (χ4n) is 4.06. The lowest BCUT2D eigenvalue weighted by molar-refractivity contribution is -0.119. The van der Waals surface area contributed by atoms with Gasteiger partial charge in [-0.05, 0) is 42.4 Å². The van der Waals surface area contributed by atoms with Gasteiger partial charge in [-0.1, -0.05) is 38.1 Å². The monoisotopic (exact) mass is 447 g/mol. The van der Waals surface area contributed by atoms with Crippen LogP contribution >= 0.6 is 11.8 Å². The molecule has 0 radical (unpaired) electrons. The first-order chi connectivity index (χ1) is 15.5. The smallest absolute Gasteiger partial charge is 0.217 e. The van der Waals surface area contributed by atoms with Crippen LogP contribution in [0, 0.1) is 22.7 Å². The molecule has 1 aromatic carbocycles. The van der Waals surface area contributed by atoms with E-state index in [-0.39, 0.29) is 11.9 Å². The normalized spacial score (nSPS) is 14.0. The highest BCUT2D eigenvalue weighted by molar-refractivity contribution is 7.98. The predicted octanol–water partition coefficient (Wildman–Crippen LogP) is 4.35. The van der Waals surface area contributed by atoms with E-state index < -0.39 is 0 Å². The van der Waals surface area contributed by atoms with Crippen LogP contribution in [-0.4, -0.2) is 30.0 Å². The predicted molar refractivity (Wildman–Crippen MR) is 127 cm³/mol. The zero-order chi connectivity index (χ0) is 23.1. The molecular formula is C25H29N5OS. The van der Waals surface area contributed by atoms with Crippen LogP contribution in [0.3, 0.4) is 0 Å². The van der Waals surface area contributed by atoms with Gasteiger partial charge in [0.25, 0.3) is 0 Å². The number of nitrogens with zero attached hydrogens (tertiary/aromatic N) is 4. The summed E-state index contributed by atoms with van der Waals surface area (Å²) in [7, 11) is 0. The molecule has 1 aliphatic rings. The van der Waals surface area contributed by atoms with E-state index >= 15 is 0 Å². The van der Waals surface area contributed by atoms with Crippen molar-refractivity contribution in [2.45, 2.75) is 63.3 Å². The lowest BCUT2D eigenvalue weighted by Gasteiger charge is -2.34. The summed E-state index contributed by atoms with van der Waals surface area (Å²) in [5.74, 6) is 1.36. The van der Waals surface area contributed by atoms with Gasteiger partial charge in [-0.3, -0.25) is 4.79 Å². The Morgan fingerprint density at radius 3 is 2.25 bits per heavy atom. The van der Waals surface area contributed by atoms with Crippen LogP contribution in [0.5, 0.6) is 0 Å². The van der Waals surface area contributed by atoms with E-state index in [1.165, 1.54) is 18.1 Å². The second kappa shape index (κ2) is 11.0. The molecule has 6 nitrogen and oxygen atoms in total. The number of aryl methyl sites for hydroxylation is 1. The molecular weight excluding hydrogens is 418 g/mol. The Hall–Kier alpha value is -3.03. The van der Waals surface area contributed by atoms with E-state index in [0.717, 1.165) is 24.8 Å². The molecule has 0 unspecified atom stereocenters. The molecule has 0 bridgehead atoms. The number of carbonyl (C=O) groups is 1. The number of thioether (sulfide) groups is 1. The van der Waals surface area contributed by atoms with Gasteiger partial charge in [0.1, 0.15) is 23.0 Å². The van der Waals surface area contributed by atoms with Crippen LogP contribution < -0.4 is 10.2 Å². The molecule has 0 atom stereocenters. The molecule has 1 N–H and O–H groups in total.